The van der Waals surface area contributed by atoms with Gasteiger partial charge in [-0.25, -0.2) is 0 Å². The van der Waals surface area contributed by atoms with Crippen molar-refractivity contribution in [3.63, 3.8) is 0 Å². The molecule has 3 unspecified atom stereocenters. The Kier molecular flexibility index (Phi) is 9.02. The van der Waals surface area contributed by atoms with Gasteiger partial charge in [0.2, 0.25) is 17.7 Å². The first-order valence-electron chi connectivity index (χ1n) is 7.12. The number of amides is 3. The molecule has 24 heavy (non-hydrogen) atoms. The summed E-state index contributed by atoms with van der Waals surface area (Å²) in [6.45, 7) is 2.19. The number of hydrogen-bond donors (Lipinski definition) is 6. The molecule has 0 fully saturated rings. The lowest BCUT2D eigenvalue weighted by Gasteiger charge is -2.19. The first kappa shape index (κ1) is 21.3. The fourth-order valence-electron chi connectivity index (χ4n) is 1.49. The molecule has 0 saturated carbocycles. The second-order valence-electron chi connectivity index (χ2n) is 5.13. The molecule has 3 amide bonds. The van der Waals surface area contributed by atoms with Crippen molar-refractivity contribution in [3.05, 3.63) is 0 Å². The quantitative estimate of drug-likeness (QED) is 0.248. The number of aliphatic carboxylic acids is 2. The van der Waals surface area contributed by atoms with Crippen LogP contribution in [0.1, 0.15) is 26.7 Å². The molecule has 0 aromatic carbocycles. The van der Waals surface area contributed by atoms with Gasteiger partial charge < -0.3 is 31.9 Å². The van der Waals surface area contributed by atoms with Gasteiger partial charge in [-0.1, -0.05) is 0 Å². The summed E-state index contributed by atoms with van der Waals surface area (Å²) in [4.78, 5) is 56.3. The second kappa shape index (κ2) is 10.2. The van der Waals surface area contributed by atoms with E-state index in [1.165, 1.54) is 13.8 Å². The van der Waals surface area contributed by atoms with Gasteiger partial charge in [0.1, 0.15) is 12.1 Å². The molecule has 0 radical (unpaired) electrons. The molecular formula is C13H22N4O7. The highest BCUT2D eigenvalue weighted by Crippen LogP contribution is 1.99. The molecule has 0 heterocycles. The highest BCUT2D eigenvalue weighted by atomic mass is 16.4. The van der Waals surface area contributed by atoms with Crippen LogP contribution in [0, 0.1) is 0 Å². The average molecular weight is 346 g/mol. The van der Waals surface area contributed by atoms with Crippen LogP contribution in [0.15, 0.2) is 0 Å². The Balaban J connectivity index is 4.72. The van der Waals surface area contributed by atoms with E-state index in [1.807, 2.05) is 0 Å². The van der Waals surface area contributed by atoms with Gasteiger partial charge in [-0.15, -0.1) is 0 Å². The normalized spacial score (nSPS) is 14.0. The van der Waals surface area contributed by atoms with Gasteiger partial charge in [-0.05, 0) is 20.3 Å². The topological polar surface area (TPSA) is 188 Å². The van der Waals surface area contributed by atoms with Crippen molar-refractivity contribution in [1.82, 2.24) is 16.0 Å². The summed E-state index contributed by atoms with van der Waals surface area (Å²) < 4.78 is 0. The minimum atomic E-state index is -1.28. The van der Waals surface area contributed by atoms with E-state index in [9.17, 15) is 24.0 Å². The summed E-state index contributed by atoms with van der Waals surface area (Å²) in [5, 5.41) is 24.0. The Morgan fingerprint density at radius 2 is 1.58 bits per heavy atom. The number of nitrogens with two attached hydrogens (primary N) is 1. The van der Waals surface area contributed by atoms with Crippen LogP contribution in [0.2, 0.25) is 0 Å². The third-order valence-electron chi connectivity index (χ3n) is 2.86. The molecule has 11 nitrogen and oxygen atoms in total. The lowest BCUT2D eigenvalue weighted by Crippen LogP contribution is -2.53. The van der Waals surface area contributed by atoms with Crippen molar-refractivity contribution in [1.29, 1.82) is 0 Å². The number of carbonyl (C=O) groups excluding carboxylic acids is 3. The Morgan fingerprint density at radius 3 is 2.04 bits per heavy atom. The van der Waals surface area contributed by atoms with Crippen LogP contribution < -0.4 is 21.7 Å². The first-order valence-corrected chi connectivity index (χ1v) is 7.12. The Labute approximate surface area is 138 Å². The average Bonchev–Trinajstić information content (AvgIpc) is 2.48. The van der Waals surface area contributed by atoms with Crippen LogP contribution in [0.25, 0.3) is 0 Å². The number of hydrogen-bond acceptors (Lipinski definition) is 6. The maximum Gasteiger partial charge on any atom is 0.325 e. The molecule has 11 heteroatoms. The minimum absolute atomic E-state index is 0.236. The summed E-state index contributed by atoms with van der Waals surface area (Å²) in [5.41, 5.74) is 5.31. The van der Waals surface area contributed by atoms with E-state index in [2.05, 4.69) is 16.0 Å². The molecule has 0 aromatic rings. The van der Waals surface area contributed by atoms with Gasteiger partial charge in [-0.3, -0.25) is 24.0 Å². The van der Waals surface area contributed by atoms with Crippen LogP contribution in [0.3, 0.4) is 0 Å². The van der Waals surface area contributed by atoms with E-state index in [-0.39, 0.29) is 6.42 Å². The van der Waals surface area contributed by atoms with E-state index in [0.29, 0.717) is 0 Å². The molecule has 3 atom stereocenters. The fraction of sp³-hybridized carbons (Fsp3) is 0.615. The third kappa shape index (κ3) is 8.68. The number of rotatable bonds is 10. The second-order valence-corrected chi connectivity index (χ2v) is 5.13. The third-order valence-corrected chi connectivity index (χ3v) is 2.86. The Hall–Kier alpha value is -2.69. The summed E-state index contributed by atoms with van der Waals surface area (Å²) in [6.07, 6.45) is -0.646. The predicted octanol–water partition coefficient (Wildman–Crippen LogP) is -2.61. The standard InChI is InChI=1S/C13H22N4O7/c1-6(14)11(21)15-5-9(18)17-8(3-4-10(19)20)12(22)16-7(2)13(23)24/h6-8H,3-5,14H2,1-2H3,(H,15,21)(H,16,22)(H,17,18)(H,19,20)(H,23,24). The maximum atomic E-state index is 12.0. The van der Waals surface area contributed by atoms with Crippen LogP contribution in [0.4, 0.5) is 0 Å². The number of carboxylic acids is 2. The van der Waals surface area contributed by atoms with Crippen LogP contribution in [0.5, 0.6) is 0 Å². The zero-order valence-electron chi connectivity index (χ0n) is 13.4. The SMILES string of the molecule is CC(N)C(=O)NCC(=O)NC(CCC(=O)O)C(=O)NC(C)C(=O)O. The summed E-state index contributed by atoms with van der Waals surface area (Å²) in [7, 11) is 0. The maximum absolute atomic E-state index is 12.0. The number of nitrogens with one attached hydrogen (secondary N) is 3. The van der Waals surface area contributed by atoms with Gasteiger partial charge in [-0.2, -0.15) is 0 Å². The molecule has 0 aliphatic heterocycles. The first-order chi connectivity index (χ1) is 11.0. The highest BCUT2D eigenvalue weighted by molar-refractivity contribution is 5.92. The van der Waals surface area contributed by atoms with Crippen molar-refractivity contribution >= 4 is 29.7 Å². The monoisotopic (exact) mass is 346 g/mol. The van der Waals surface area contributed by atoms with Crippen molar-refractivity contribution in [2.75, 3.05) is 6.54 Å². The number of carboxylic acid groups (broad SMARTS) is 2. The Bertz CT molecular complexity index is 507. The van der Waals surface area contributed by atoms with E-state index < -0.39 is 60.8 Å². The molecular weight excluding hydrogens is 324 g/mol. The summed E-state index contributed by atoms with van der Waals surface area (Å²) >= 11 is 0. The van der Waals surface area contributed by atoms with Crippen molar-refractivity contribution in [3.8, 4) is 0 Å². The zero-order valence-corrected chi connectivity index (χ0v) is 13.4. The molecule has 0 bridgehead atoms. The van der Waals surface area contributed by atoms with Gasteiger partial charge in [0.25, 0.3) is 0 Å². The van der Waals surface area contributed by atoms with Crippen molar-refractivity contribution in [2.45, 2.75) is 44.8 Å². The fourth-order valence-corrected chi connectivity index (χ4v) is 1.49. The van der Waals surface area contributed by atoms with E-state index in [1.54, 1.807) is 0 Å². The van der Waals surface area contributed by atoms with Crippen molar-refractivity contribution in [2.24, 2.45) is 5.73 Å². The van der Waals surface area contributed by atoms with Gasteiger partial charge in [0.05, 0.1) is 12.6 Å². The Morgan fingerprint density at radius 1 is 1.00 bits per heavy atom. The van der Waals surface area contributed by atoms with Gasteiger partial charge in [0, 0.05) is 6.42 Å². The lowest BCUT2D eigenvalue weighted by atomic mass is 10.1. The molecule has 0 aromatic heterocycles. The molecule has 0 aliphatic carbocycles. The van der Waals surface area contributed by atoms with Crippen molar-refractivity contribution < 1.29 is 34.2 Å². The van der Waals surface area contributed by atoms with E-state index in [4.69, 9.17) is 15.9 Å². The molecule has 7 N–H and O–H groups in total. The van der Waals surface area contributed by atoms with Crippen LogP contribution >= 0.6 is 0 Å². The smallest absolute Gasteiger partial charge is 0.325 e. The highest BCUT2D eigenvalue weighted by Gasteiger charge is 2.25. The summed E-state index contributed by atoms with van der Waals surface area (Å²) in [5.74, 6) is -4.61. The molecule has 0 rings (SSSR count). The molecule has 0 aliphatic rings. The van der Waals surface area contributed by atoms with Crippen LogP contribution in [-0.4, -0.2) is 64.5 Å². The largest absolute Gasteiger partial charge is 0.481 e. The molecule has 136 valence electrons. The lowest BCUT2D eigenvalue weighted by molar-refractivity contribution is -0.142. The van der Waals surface area contributed by atoms with Crippen LogP contribution in [-0.2, 0) is 24.0 Å². The predicted molar refractivity (Wildman–Crippen MR) is 80.7 cm³/mol. The van der Waals surface area contributed by atoms with Gasteiger partial charge >= 0.3 is 11.9 Å². The van der Waals surface area contributed by atoms with E-state index in [0.717, 1.165) is 0 Å². The van der Waals surface area contributed by atoms with Gasteiger partial charge in [0.15, 0.2) is 0 Å². The van der Waals surface area contributed by atoms with E-state index >= 15 is 0 Å². The molecule has 0 saturated heterocycles. The minimum Gasteiger partial charge on any atom is -0.481 e. The zero-order chi connectivity index (χ0) is 18.9. The number of carbonyl (C=O) groups is 5. The molecule has 0 spiro atoms. The summed E-state index contributed by atoms with van der Waals surface area (Å²) in [6, 6.07) is -3.28.